The van der Waals surface area contributed by atoms with E-state index in [1.165, 1.54) is 24.0 Å². The van der Waals surface area contributed by atoms with Gasteiger partial charge in [0.1, 0.15) is 0 Å². The van der Waals surface area contributed by atoms with Gasteiger partial charge in [0.2, 0.25) is 0 Å². The van der Waals surface area contributed by atoms with E-state index in [0.717, 1.165) is 19.3 Å². The summed E-state index contributed by atoms with van der Waals surface area (Å²) in [6.45, 7) is 7.32. The minimum absolute atomic E-state index is 0.273. The summed E-state index contributed by atoms with van der Waals surface area (Å²) in [5, 5.41) is 2.83. The van der Waals surface area contributed by atoms with E-state index >= 15 is 0 Å². The highest BCUT2D eigenvalue weighted by molar-refractivity contribution is 5.67. The molecular formula is C15H23NO2. The number of hydrogen-bond acceptors (Lipinski definition) is 2. The third-order valence-corrected chi connectivity index (χ3v) is 3.81. The van der Waals surface area contributed by atoms with E-state index in [0.29, 0.717) is 25.0 Å². The molecule has 2 rings (SSSR count). The molecule has 0 heterocycles. The van der Waals surface area contributed by atoms with Crippen LogP contribution >= 0.6 is 0 Å². The number of amides is 1. The van der Waals surface area contributed by atoms with Crippen molar-refractivity contribution in [1.82, 2.24) is 5.32 Å². The van der Waals surface area contributed by atoms with Crippen molar-refractivity contribution >= 4 is 6.09 Å². The molecule has 1 atom stereocenters. The Hall–Kier alpha value is -1.25. The Labute approximate surface area is 109 Å². The predicted octanol–water partition coefficient (Wildman–Crippen LogP) is 3.43. The number of hydrogen-bond donors (Lipinski definition) is 1. The van der Waals surface area contributed by atoms with E-state index in [4.69, 9.17) is 4.74 Å². The Morgan fingerprint density at radius 3 is 2.83 bits per heavy atom. The predicted molar refractivity (Wildman–Crippen MR) is 72.3 cm³/mol. The first-order valence-electron chi connectivity index (χ1n) is 6.89. The second-order valence-electron chi connectivity index (χ2n) is 5.58. The first-order valence-corrected chi connectivity index (χ1v) is 6.89. The molecule has 0 radical (unpaired) electrons. The Morgan fingerprint density at radius 2 is 2.28 bits per heavy atom. The highest BCUT2D eigenvalue weighted by atomic mass is 16.5. The highest BCUT2D eigenvalue weighted by Crippen LogP contribution is 2.29. The third kappa shape index (κ3) is 4.21. The fraction of sp³-hybridized carbons (Fsp3) is 0.667. The van der Waals surface area contributed by atoms with Crippen LogP contribution in [0.3, 0.4) is 0 Å². The SMILES string of the molecule is C=C(C)C1CC=C(CNC(=O)OCC2CC2)CC1. The number of rotatable bonds is 5. The van der Waals surface area contributed by atoms with Gasteiger partial charge in [-0.05, 0) is 50.9 Å². The molecule has 0 saturated heterocycles. The molecule has 1 fully saturated rings. The van der Waals surface area contributed by atoms with Gasteiger partial charge in [0.05, 0.1) is 6.61 Å². The average Bonchev–Trinajstić information content (AvgIpc) is 3.18. The molecule has 1 N–H and O–H groups in total. The van der Waals surface area contributed by atoms with Gasteiger partial charge in [-0.15, -0.1) is 0 Å². The lowest BCUT2D eigenvalue weighted by Crippen LogP contribution is -2.28. The summed E-state index contributed by atoms with van der Waals surface area (Å²) in [6, 6.07) is 0. The quantitative estimate of drug-likeness (QED) is 0.758. The van der Waals surface area contributed by atoms with Crippen LogP contribution in [0.15, 0.2) is 23.8 Å². The molecule has 3 nitrogen and oxygen atoms in total. The van der Waals surface area contributed by atoms with Gasteiger partial charge < -0.3 is 10.1 Å². The molecule has 1 amide bonds. The summed E-state index contributed by atoms with van der Waals surface area (Å²) in [6.07, 6.45) is 7.65. The lowest BCUT2D eigenvalue weighted by atomic mass is 9.85. The number of ether oxygens (including phenoxy) is 1. The normalized spacial score (nSPS) is 23.2. The van der Waals surface area contributed by atoms with Gasteiger partial charge >= 0.3 is 6.09 Å². The molecule has 0 aliphatic heterocycles. The highest BCUT2D eigenvalue weighted by Gasteiger charge is 2.23. The third-order valence-electron chi connectivity index (χ3n) is 3.81. The largest absolute Gasteiger partial charge is 0.449 e. The standard InChI is InChI=1S/C15H23NO2/c1-11(2)14-7-5-12(6-8-14)9-16-15(17)18-10-13-3-4-13/h5,13-14H,1,3-4,6-10H2,2H3,(H,16,17). The van der Waals surface area contributed by atoms with Crippen molar-refractivity contribution < 1.29 is 9.53 Å². The van der Waals surface area contributed by atoms with Crippen molar-refractivity contribution in [2.75, 3.05) is 13.2 Å². The van der Waals surface area contributed by atoms with Crippen molar-refractivity contribution in [1.29, 1.82) is 0 Å². The van der Waals surface area contributed by atoms with E-state index in [9.17, 15) is 4.79 Å². The monoisotopic (exact) mass is 249 g/mol. The van der Waals surface area contributed by atoms with Crippen molar-refractivity contribution in [2.24, 2.45) is 11.8 Å². The summed E-state index contributed by atoms with van der Waals surface area (Å²) in [7, 11) is 0. The second kappa shape index (κ2) is 6.07. The smallest absolute Gasteiger partial charge is 0.407 e. The van der Waals surface area contributed by atoms with Crippen LogP contribution < -0.4 is 5.32 Å². The number of carbonyl (C=O) groups excluding carboxylic acids is 1. The van der Waals surface area contributed by atoms with Crippen LogP contribution in [0.25, 0.3) is 0 Å². The van der Waals surface area contributed by atoms with Gasteiger partial charge in [-0.3, -0.25) is 0 Å². The summed E-state index contributed by atoms with van der Waals surface area (Å²) < 4.78 is 5.12. The lowest BCUT2D eigenvalue weighted by Gasteiger charge is -2.22. The van der Waals surface area contributed by atoms with Gasteiger partial charge in [-0.2, -0.15) is 0 Å². The van der Waals surface area contributed by atoms with Gasteiger partial charge in [0.25, 0.3) is 0 Å². The summed E-state index contributed by atoms with van der Waals surface area (Å²) in [5.41, 5.74) is 2.58. The molecule has 0 aromatic rings. The van der Waals surface area contributed by atoms with Crippen molar-refractivity contribution in [3.8, 4) is 0 Å². The van der Waals surface area contributed by atoms with E-state index in [1.54, 1.807) is 0 Å². The van der Waals surface area contributed by atoms with Crippen LogP contribution in [-0.2, 0) is 4.74 Å². The first-order chi connectivity index (χ1) is 8.65. The van der Waals surface area contributed by atoms with Crippen LogP contribution in [-0.4, -0.2) is 19.2 Å². The molecule has 0 aromatic heterocycles. The van der Waals surface area contributed by atoms with Crippen LogP contribution in [0, 0.1) is 11.8 Å². The van der Waals surface area contributed by atoms with Crippen molar-refractivity contribution in [3.63, 3.8) is 0 Å². The molecule has 2 aliphatic rings. The fourth-order valence-electron chi connectivity index (χ4n) is 2.21. The first kappa shape index (κ1) is 13.2. The molecule has 2 aliphatic carbocycles. The number of carbonyl (C=O) groups is 1. The van der Waals surface area contributed by atoms with Crippen LogP contribution in [0.5, 0.6) is 0 Å². The Kier molecular flexibility index (Phi) is 4.45. The zero-order valence-electron chi connectivity index (χ0n) is 11.2. The maximum atomic E-state index is 11.4. The Bertz CT molecular complexity index is 356. The molecule has 100 valence electrons. The number of allylic oxidation sites excluding steroid dienone is 2. The van der Waals surface area contributed by atoms with Gasteiger partial charge in [-0.1, -0.05) is 23.8 Å². The fourth-order valence-corrected chi connectivity index (χ4v) is 2.21. The van der Waals surface area contributed by atoms with Gasteiger partial charge in [0.15, 0.2) is 0 Å². The van der Waals surface area contributed by atoms with Crippen molar-refractivity contribution in [3.05, 3.63) is 23.8 Å². The molecule has 18 heavy (non-hydrogen) atoms. The second-order valence-corrected chi connectivity index (χ2v) is 5.58. The van der Waals surface area contributed by atoms with Gasteiger partial charge in [0, 0.05) is 6.54 Å². The van der Waals surface area contributed by atoms with Crippen LogP contribution in [0.4, 0.5) is 4.79 Å². The van der Waals surface area contributed by atoms with E-state index in [-0.39, 0.29) is 6.09 Å². The summed E-state index contributed by atoms with van der Waals surface area (Å²) in [4.78, 5) is 11.4. The summed E-state index contributed by atoms with van der Waals surface area (Å²) in [5.74, 6) is 1.25. The molecule has 3 heteroatoms. The lowest BCUT2D eigenvalue weighted by molar-refractivity contribution is 0.142. The Morgan fingerprint density at radius 1 is 1.50 bits per heavy atom. The zero-order chi connectivity index (χ0) is 13.0. The van der Waals surface area contributed by atoms with Crippen LogP contribution in [0.1, 0.15) is 39.0 Å². The van der Waals surface area contributed by atoms with Gasteiger partial charge in [-0.25, -0.2) is 4.79 Å². The molecular weight excluding hydrogens is 226 g/mol. The van der Waals surface area contributed by atoms with E-state index in [2.05, 4.69) is 24.9 Å². The topological polar surface area (TPSA) is 38.3 Å². The molecule has 1 saturated carbocycles. The Balaban J connectivity index is 1.64. The zero-order valence-corrected chi connectivity index (χ0v) is 11.2. The minimum atomic E-state index is -0.273. The minimum Gasteiger partial charge on any atom is -0.449 e. The molecule has 1 unspecified atom stereocenters. The van der Waals surface area contributed by atoms with E-state index in [1.807, 2.05) is 0 Å². The number of alkyl carbamates (subject to hydrolysis) is 1. The molecule has 0 bridgehead atoms. The van der Waals surface area contributed by atoms with Crippen molar-refractivity contribution in [2.45, 2.75) is 39.0 Å². The maximum Gasteiger partial charge on any atom is 0.407 e. The van der Waals surface area contributed by atoms with Crippen LogP contribution in [0.2, 0.25) is 0 Å². The summed E-state index contributed by atoms with van der Waals surface area (Å²) >= 11 is 0. The molecule has 0 spiro atoms. The maximum absolute atomic E-state index is 11.4. The molecule has 0 aromatic carbocycles. The van der Waals surface area contributed by atoms with E-state index < -0.39 is 0 Å². The average molecular weight is 249 g/mol. The number of nitrogens with one attached hydrogen (secondary N) is 1.